The SMILES string of the molecule is COc1ccc(C(=O)CSc2nnnn2C2CCCC2)cc1. The van der Waals surface area contributed by atoms with E-state index in [0.29, 0.717) is 17.4 Å². The molecule has 2 aromatic rings. The number of Topliss-reactive ketones (excluding diaryl/α,β-unsaturated/α-hetero) is 1. The molecule has 1 aromatic heterocycles. The van der Waals surface area contributed by atoms with Crippen LogP contribution in [0.25, 0.3) is 0 Å². The second kappa shape index (κ2) is 6.91. The quantitative estimate of drug-likeness (QED) is 0.602. The number of ether oxygens (including phenoxy) is 1. The Bertz CT molecular complexity index is 635. The van der Waals surface area contributed by atoms with Crippen molar-refractivity contribution in [3.05, 3.63) is 29.8 Å². The van der Waals surface area contributed by atoms with Crippen LogP contribution < -0.4 is 4.74 Å². The number of carbonyl (C=O) groups is 1. The van der Waals surface area contributed by atoms with Gasteiger partial charge in [-0.05, 0) is 47.5 Å². The number of benzene rings is 1. The van der Waals surface area contributed by atoms with Crippen LogP contribution in [0.5, 0.6) is 5.75 Å². The molecule has 6 nitrogen and oxygen atoms in total. The van der Waals surface area contributed by atoms with Gasteiger partial charge < -0.3 is 4.74 Å². The maximum atomic E-state index is 12.2. The van der Waals surface area contributed by atoms with Gasteiger partial charge in [0.2, 0.25) is 5.16 Å². The first-order chi connectivity index (χ1) is 10.8. The first kappa shape index (κ1) is 15.0. The molecular weight excluding hydrogens is 300 g/mol. The van der Waals surface area contributed by atoms with Gasteiger partial charge in [-0.2, -0.15) is 0 Å². The molecule has 1 aliphatic rings. The Labute approximate surface area is 133 Å². The van der Waals surface area contributed by atoms with Gasteiger partial charge in [-0.1, -0.05) is 24.6 Å². The maximum Gasteiger partial charge on any atom is 0.210 e. The Morgan fingerprint density at radius 1 is 1.32 bits per heavy atom. The number of carbonyl (C=O) groups excluding carboxylic acids is 1. The molecule has 7 heteroatoms. The summed E-state index contributed by atoms with van der Waals surface area (Å²) >= 11 is 1.40. The molecule has 1 saturated carbocycles. The van der Waals surface area contributed by atoms with Crippen LogP contribution in [0.3, 0.4) is 0 Å². The summed E-state index contributed by atoms with van der Waals surface area (Å²) in [4.78, 5) is 12.2. The largest absolute Gasteiger partial charge is 0.497 e. The van der Waals surface area contributed by atoms with E-state index in [-0.39, 0.29) is 5.78 Å². The lowest BCUT2D eigenvalue weighted by Crippen LogP contribution is -2.10. The van der Waals surface area contributed by atoms with E-state index >= 15 is 0 Å². The number of hydrogen-bond donors (Lipinski definition) is 0. The van der Waals surface area contributed by atoms with Crippen molar-refractivity contribution < 1.29 is 9.53 Å². The zero-order chi connectivity index (χ0) is 15.4. The van der Waals surface area contributed by atoms with Crippen molar-refractivity contribution in [3.63, 3.8) is 0 Å². The third-order valence-electron chi connectivity index (χ3n) is 3.88. The Morgan fingerprint density at radius 2 is 2.05 bits per heavy atom. The molecule has 0 spiro atoms. The zero-order valence-electron chi connectivity index (χ0n) is 12.4. The summed E-state index contributed by atoms with van der Waals surface area (Å²) in [6, 6.07) is 7.53. The molecule has 1 heterocycles. The van der Waals surface area contributed by atoms with Gasteiger partial charge in [0.15, 0.2) is 5.78 Å². The summed E-state index contributed by atoms with van der Waals surface area (Å²) < 4.78 is 6.97. The van der Waals surface area contributed by atoms with Crippen molar-refractivity contribution in [2.24, 2.45) is 0 Å². The number of methoxy groups -OCH3 is 1. The minimum absolute atomic E-state index is 0.0635. The van der Waals surface area contributed by atoms with E-state index in [9.17, 15) is 4.79 Å². The Morgan fingerprint density at radius 3 is 2.73 bits per heavy atom. The number of nitrogens with zero attached hydrogens (tertiary/aromatic N) is 4. The Hall–Kier alpha value is -1.89. The molecule has 22 heavy (non-hydrogen) atoms. The Balaban J connectivity index is 1.62. The molecule has 0 N–H and O–H groups in total. The fourth-order valence-corrected chi connectivity index (χ4v) is 3.49. The van der Waals surface area contributed by atoms with Gasteiger partial charge in [0.05, 0.1) is 18.9 Å². The minimum Gasteiger partial charge on any atom is -0.497 e. The third kappa shape index (κ3) is 3.30. The van der Waals surface area contributed by atoms with Crippen molar-refractivity contribution in [1.82, 2.24) is 20.2 Å². The number of rotatable bonds is 6. The molecule has 0 unspecified atom stereocenters. The standard InChI is InChI=1S/C15H18N4O2S/c1-21-13-8-6-11(7-9-13)14(20)10-22-15-16-17-18-19(15)12-4-2-3-5-12/h6-9,12H,2-5,10H2,1H3. The predicted octanol–water partition coefficient (Wildman–Crippen LogP) is 2.77. The summed E-state index contributed by atoms with van der Waals surface area (Å²) in [6.45, 7) is 0. The van der Waals surface area contributed by atoms with Crippen LogP contribution in [0.15, 0.2) is 29.4 Å². The van der Waals surface area contributed by atoms with Crippen LogP contribution in [-0.2, 0) is 0 Å². The van der Waals surface area contributed by atoms with Gasteiger partial charge in [-0.25, -0.2) is 4.68 Å². The van der Waals surface area contributed by atoms with E-state index in [1.165, 1.54) is 24.6 Å². The number of tetrazole rings is 1. The molecule has 0 bridgehead atoms. The summed E-state index contributed by atoms with van der Waals surface area (Å²) in [7, 11) is 1.61. The monoisotopic (exact) mass is 318 g/mol. The summed E-state index contributed by atoms with van der Waals surface area (Å²) in [5.41, 5.74) is 0.674. The highest BCUT2D eigenvalue weighted by Crippen LogP contribution is 2.31. The first-order valence-corrected chi connectivity index (χ1v) is 8.34. The third-order valence-corrected chi connectivity index (χ3v) is 4.81. The summed E-state index contributed by atoms with van der Waals surface area (Å²) in [5, 5.41) is 12.6. The van der Waals surface area contributed by atoms with Crippen LogP contribution in [0.1, 0.15) is 42.1 Å². The molecule has 1 aromatic carbocycles. The van der Waals surface area contributed by atoms with Crippen molar-refractivity contribution in [2.45, 2.75) is 36.9 Å². The number of aromatic nitrogens is 4. The van der Waals surface area contributed by atoms with Gasteiger partial charge in [0.25, 0.3) is 0 Å². The minimum atomic E-state index is 0.0635. The van der Waals surface area contributed by atoms with Gasteiger partial charge in [-0.15, -0.1) is 5.10 Å². The predicted molar refractivity (Wildman–Crippen MR) is 83.4 cm³/mol. The highest BCUT2D eigenvalue weighted by Gasteiger charge is 2.22. The highest BCUT2D eigenvalue weighted by molar-refractivity contribution is 7.99. The molecule has 0 amide bonds. The molecule has 1 fully saturated rings. The van der Waals surface area contributed by atoms with Gasteiger partial charge >= 0.3 is 0 Å². The maximum absolute atomic E-state index is 12.2. The van der Waals surface area contributed by atoms with Crippen molar-refractivity contribution in [3.8, 4) is 5.75 Å². The topological polar surface area (TPSA) is 69.9 Å². The molecule has 0 saturated heterocycles. The lowest BCUT2D eigenvalue weighted by Gasteiger charge is -2.10. The van der Waals surface area contributed by atoms with Gasteiger partial charge in [-0.3, -0.25) is 4.79 Å². The zero-order valence-corrected chi connectivity index (χ0v) is 13.3. The van der Waals surface area contributed by atoms with Crippen molar-refractivity contribution in [2.75, 3.05) is 12.9 Å². The first-order valence-electron chi connectivity index (χ1n) is 7.36. The molecule has 0 radical (unpaired) electrons. The van der Waals surface area contributed by atoms with Crippen molar-refractivity contribution in [1.29, 1.82) is 0 Å². The summed E-state index contributed by atoms with van der Waals surface area (Å²) in [6.07, 6.45) is 4.68. The van der Waals surface area contributed by atoms with Crippen LogP contribution in [-0.4, -0.2) is 38.9 Å². The van der Waals surface area contributed by atoms with Crippen LogP contribution in [0, 0.1) is 0 Å². The van der Waals surface area contributed by atoms with Crippen LogP contribution in [0.4, 0.5) is 0 Å². The second-order valence-corrected chi connectivity index (χ2v) is 6.23. The normalized spacial score (nSPS) is 15.1. The van der Waals surface area contributed by atoms with Gasteiger partial charge in [0.1, 0.15) is 5.75 Å². The molecule has 3 rings (SSSR count). The van der Waals surface area contributed by atoms with E-state index in [4.69, 9.17) is 4.74 Å². The fourth-order valence-electron chi connectivity index (χ4n) is 2.65. The average molecular weight is 318 g/mol. The molecule has 1 aliphatic carbocycles. The lowest BCUT2D eigenvalue weighted by atomic mass is 10.1. The number of thioether (sulfide) groups is 1. The lowest BCUT2D eigenvalue weighted by molar-refractivity contribution is 0.102. The van der Waals surface area contributed by atoms with E-state index in [1.54, 1.807) is 31.4 Å². The van der Waals surface area contributed by atoms with E-state index in [0.717, 1.165) is 23.7 Å². The smallest absolute Gasteiger partial charge is 0.210 e. The molecular formula is C15H18N4O2S. The average Bonchev–Trinajstić information content (AvgIpc) is 3.23. The number of hydrogen-bond acceptors (Lipinski definition) is 6. The Kier molecular flexibility index (Phi) is 4.72. The van der Waals surface area contributed by atoms with Gasteiger partial charge in [0, 0.05) is 5.56 Å². The van der Waals surface area contributed by atoms with E-state index in [2.05, 4.69) is 15.5 Å². The highest BCUT2D eigenvalue weighted by atomic mass is 32.2. The molecule has 116 valence electrons. The molecule has 0 aliphatic heterocycles. The molecule has 0 atom stereocenters. The van der Waals surface area contributed by atoms with Crippen molar-refractivity contribution >= 4 is 17.5 Å². The summed E-state index contributed by atoms with van der Waals surface area (Å²) in [5.74, 6) is 1.14. The van der Waals surface area contributed by atoms with E-state index < -0.39 is 0 Å². The van der Waals surface area contributed by atoms with Crippen LogP contribution >= 0.6 is 11.8 Å². The second-order valence-electron chi connectivity index (χ2n) is 5.28. The van der Waals surface area contributed by atoms with Crippen LogP contribution in [0.2, 0.25) is 0 Å². The fraction of sp³-hybridized carbons (Fsp3) is 0.467. The number of ketones is 1. The van der Waals surface area contributed by atoms with E-state index in [1.807, 2.05) is 4.68 Å².